The van der Waals surface area contributed by atoms with Crippen molar-refractivity contribution in [2.75, 3.05) is 60.1 Å². The van der Waals surface area contributed by atoms with Crippen molar-refractivity contribution in [2.45, 2.75) is 44.4 Å². The van der Waals surface area contributed by atoms with E-state index in [1.54, 1.807) is 7.11 Å². The second-order valence-corrected chi connectivity index (χ2v) is 8.35. The minimum absolute atomic E-state index is 0. The minimum Gasteiger partial charge on any atom is -0.496 e. The molecule has 2 N–H and O–H groups in total. The van der Waals surface area contributed by atoms with Crippen molar-refractivity contribution in [2.24, 2.45) is 4.99 Å². The van der Waals surface area contributed by atoms with E-state index < -0.39 is 0 Å². The van der Waals surface area contributed by atoms with E-state index in [1.807, 2.05) is 7.05 Å². The third-order valence-corrected chi connectivity index (χ3v) is 6.36. The molecule has 3 rings (SSSR count). The molecule has 0 aliphatic carbocycles. The van der Waals surface area contributed by atoms with Crippen LogP contribution in [-0.4, -0.2) is 71.0 Å². The fourth-order valence-electron chi connectivity index (χ4n) is 4.53. The summed E-state index contributed by atoms with van der Waals surface area (Å²) in [6, 6.07) is 6.48. The number of piperidine rings is 1. The van der Waals surface area contributed by atoms with Gasteiger partial charge < -0.3 is 25.0 Å². The number of hydrogen-bond acceptors (Lipinski definition) is 4. The molecule has 0 saturated carbocycles. The van der Waals surface area contributed by atoms with Gasteiger partial charge in [0.1, 0.15) is 5.75 Å². The zero-order valence-electron chi connectivity index (χ0n) is 18.8. The molecule has 0 radical (unpaired) electrons. The lowest BCUT2D eigenvalue weighted by molar-refractivity contribution is 0.0505. The minimum atomic E-state index is -0.0138. The Morgan fingerprint density at radius 1 is 1.17 bits per heavy atom. The van der Waals surface area contributed by atoms with Crippen LogP contribution in [0.25, 0.3) is 0 Å². The van der Waals surface area contributed by atoms with Crippen LogP contribution in [0.3, 0.4) is 0 Å². The zero-order chi connectivity index (χ0) is 20.5. The van der Waals surface area contributed by atoms with Gasteiger partial charge in [-0.05, 0) is 51.8 Å². The third kappa shape index (κ3) is 6.72. The molecule has 0 atom stereocenters. The van der Waals surface area contributed by atoms with Gasteiger partial charge in [0.05, 0.1) is 7.11 Å². The first-order valence-corrected chi connectivity index (χ1v) is 11.1. The first-order valence-electron chi connectivity index (χ1n) is 11.1. The van der Waals surface area contributed by atoms with Gasteiger partial charge in [0.2, 0.25) is 0 Å². The van der Waals surface area contributed by atoms with Gasteiger partial charge >= 0.3 is 0 Å². The van der Waals surface area contributed by atoms with E-state index in [0.29, 0.717) is 0 Å². The van der Waals surface area contributed by atoms with Gasteiger partial charge in [0.25, 0.3) is 0 Å². The molecule has 2 aliphatic rings. The predicted molar refractivity (Wildman–Crippen MR) is 135 cm³/mol. The van der Waals surface area contributed by atoms with Gasteiger partial charge in [0.15, 0.2) is 5.96 Å². The van der Waals surface area contributed by atoms with Crippen molar-refractivity contribution in [3.8, 4) is 5.75 Å². The molecule has 7 heteroatoms. The summed E-state index contributed by atoms with van der Waals surface area (Å²) in [5.74, 6) is 1.84. The molecule has 2 aliphatic heterocycles. The highest BCUT2D eigenvalue weighted by Crippen LogP contribution is 2.40. The Morgan fingerprint density at radius 3 is 2.57 bits per heavy atom. The van der Waals surface area contributed by atoms with Crippen LogP contribution in [0.4, 0.5) is 0 Å². The van der Waals surface area contributed by atoms with Crippen LogP contribution in [0.15, 0.2) is 23.2 Å². The van der Waals surface area contributed by atoms with Gasteiger partial charge in [-0.2, -0.15) is 0 Å². The molecular weight excluding hydrogens is 491 g/mol. The van der Waals surface area contributed by atoms with E-state index in [4.69, 9.17) is 9.47 Å². The zero-order valence-corrected chi connectivity index (χ0v) is 21.2. The van der Waals surface area contributed by atoms with Crippen LogP contribution in [0.1, 0.15) is 43.2 Å². The van der Waals surface area contributed by atoms with Gasteiger partial charge in [-0.1, -0.05) is 24.1 Å². The fraction of sp³-hybridized carbons (Fsp3) is 0.696. The summed E-state index contributed by atoms with van der Waals surface area (Å²) in [7, 11) is 3.61. The van der Waals surface area contributed by atoms with E-state index in [-0.39, 0.29) is 29.4 Å². The number of nitrogens with zero attached hydrogens (tertiary/aromatic N) is 2. The highest BCUT2D eigenvalue weighted by molar-refractivity contribution is 14.0. The topological polar surface area (TPSA) is 58.1 Å². The largest absolute Gasteiger partial charge is 0.496 e. The Bertz CT molecular complexity index is 671. The quantitative estimate of drug-likeness (QED) is 0.322. The molecule has 2 fully saturated rings. The van der Waals surface area contributed by atoms with Gasteiger partial charge in [-0.25, -0.2) is 0 Å². The number of likely N-dealkylation sites (tertiary alicyclic amines) is 1. The Balaban J connectivity index is 0.00000320. The van der Waals surface area contributed by atoms with Crippen LogP contribution >= 0.6 is 24.0 Å². The first-order chi connectivity index (χ1) is 14.2. The lowest BCUT2D eigenvalue weighted by atomic mass is 9.73. The summed E-state index contributed by atoms with van der Waals surface area (Å²) in [6.07, 6.45) is 5.99. The summed E-state index contributed by atoms with van der Waals surface area (Å²) < 4.78 is 11.4. The van der Waals surface area contributed by atoms with Gasteiger partial charge in [-0.15, -0.1) is 24.0 Å². The summed E-state index contributed by atoms with van der Waals surface area (Å²) >= 11 is 0. The van der Waals surface area contributed by atoms with Crippen molar-refractivity contribution in [1.82, 2.24) is 15.5 Å². The number of ether oxygens (including phenoxy) is 2. The lowest BCUT2D eigenvalue weighted by Crippen LogP contribution is -2.49. The Kier molecular flexibility index (Phi) is 10.7. The van der Waals surface area contributed by atoms with Crippen LogP contribution < -0.4 is 15.4 Å². The van der Waals surface area contributed by atoms with Crippen LogP contribution in [0.5, 0.6) is 5.75 Å². The first kappa shape index (κ1) is 25.2. The normalized spacial score (nSPS) is 19.6. The van der Waals surface area contributed by atoms with E-state index in [0.717, 1.165) is 57.4 Å². The van der Waals surface area contributed by atoms with Crippen molar-refractivity contribution in [3.05, 3.63) is 29.3 Å². The predicted octanol–water partition coefficient (Wildman–Crippen LogP) is 3.32. The average molecular weight is 530 g/mol. The summed E-state index contributed by atoms with van der Waals surface area (Å²) in [5.41, 5.74) is 2.52. The molecule has 170 valence electrons. The molecule has 6 nitrogen and oxygen atoms in total. The molecule has 1 aromatic carbocycles. The number of aliphatic imine (C=N–C) groups is 1. The highest BCUT2D eigenvalue weighted by atomic mass is 127. The second kappa shape index (κ2) is 12.7. The number of aryl methyl sites for hydroxylation is 1. The standard InChI is InChI=1S/C23H38N4O2.HI/c1-19-7-8-21(28-3)20(17-19)23(9-15-29-16-10-23)18-26-22(24-2)25-11-14-27-12-5-4-6-13-27;/h7-8,17H,4-6,9-16,18H2,1-3H3,(H2,24,25,26);1H. The smallest absolute Gasteiger partial charge is 0.191 e. The molecule has 0 unspecified atom stereocenters. The molecule has 0 amide bonds. The number of methoxy groups -OCH3 is 1. The SMILES string of the molecule is CN=C(NCCN1CCCCC1)NCC1(c2cc(C)ccc2OC)CCOCC1.I. The molecule has 0 bridgehead atoms. The van der Waals surface area contributed by atoms with Crippen LogP contribution in [0.2, 0.25) is 0 Å². The number of nitrogens with one attached hydrogen (secondary N) is 2. The molecular formula is C23H39IN4O2. The highest BCUT2D eigenvalue weighted by Gasteiger charge is 2.37. The number of rotatable bonds is 7. The van der Waals surface area contributed by atoms with Crippen molar-refractivity contribution < 1.29 is 9.47 Å². The second-order valence-electron chi connectivity index (χ2n) is 8.35. The summed E-state index contributed by atoms with van der Waals surface area (Å²) in [6.45, 7) is 8.96. The number of benzene rings is 1. The maximum absolute atomic E-state index is 5.72. The third-order valence-electron chi connectivity index (χ3n) is 6.36. The van der Waals surface area contributed by atoms with E-state index in [1.165, 1.54) is 43.5 Å². The molecule has 0 aromatic heterocycles. The number of halogens is 1. The van der Waals surface area contributed by atoms with Crippen LogP contribution in [0, 0.1) is 6.92 Å². The molecule has 2 heterocycles. The van der Waals surface area contributed by atoms with E-state index in [2.05, 4.69) is 45.6 Å². The maximum Gasteiger partial charge on any atom is 0.191 e. The molecule has 30 heavy (non-hydrogen) atoms. The van der Waals surface area contributed by atoms with Crippen molar-refractivity contribution >= 4 is 29.9 Å². The number of hydrogen-bond donors (Lipinski definition) is 2. The van der Waals surface area contributed by atoms with Crippen molar-refractivity contribution in [3.63, 3.8) is 0 Å². The number of guanidine groups is 1. The Labute approximate surface area is 199 Å². The molecule has 0 spiro atoms. The van der Waals surface area contributed by atoms with E-state index >= 15 is 0 Å². The summed E-state index contributed by atoms with van der Waals surface area (Å²) in [4.78, 5) is 7.00. The van der Waals surface area contributed by atoms with E-state index in [9.17, 15) is 0 Å². The lowest BCUT2D eigenvalue weighted by Gasteiger charge is -2.39. The Hall–Kier alpha value is -1.06. The summed E-state index contributed by atoms with van der Waals surface area (Å²) in [5, 5.41) is 7.10. The molecule has 1 aromatic rings. The maximum atomic E-state index is 5.72. The molecule has 2 saturated heterocycles. The Morgan fingerprint density at radius 2 is 1.90 bits per heavy atom. The van der Waals surface area contributed by atoms with Gasteiger partial charge in [0, 0.05) is 50.9 Å². The average Bonchev–Trinajstić information content (AvgIpc) is 2.77. The van der Waals surface area contributed by atoms with Crippen LogP contribution in [-0.2, 0) is 10.2 Å². The monoisotopic (exact) mass is 530 g/mol. The fourth-order valence-corrected chi connectivity index (χ4v) is 4.53. The van der Waals surface area contributed by atoms with Crippen molar-refractivity contribution in [1.29, 1.82) is 0 Å². The van der Waals surface area contributed by atoms with Gasteiger partial charge in [-0.3, -0.25) is 4.99 Å².